The molecule has 2 aliphatic heterocycles. The van der Waals surface area contributed by atoms with Crippen LogP contribution in [0.1, 0.15) is 23.3 Å². The van der Waals surface area contributed by atoms with Gasteiger partial charge in [0.15, 0.2) is 5.13 Å². The molecule has 0 saturated carbocycles. The molecule has 3 nitrogen and oxygen atoms in total. The van der Waals surface area contributed by atoms with Crippen molar-refractivity contribution in [2.75, 3.05) is 24.6 Å². The van der Waals surface area contributed by atoms with E-state index in [0.717, 1.165) is 44.1 Å². The Morgan fingerprint density at radius 1 is 1.21 bits per heavy atom. The van der Waals surface area contributed by atoms with Gasteiger partial charge in [-0.05, 0) is 36.3 Å². The number of hydrogen-bond acceptors (Lipinski definition) is 5. The molecular formula is C14H16N2OS2. The number of nitrogens with zero attached hydrogens (tertiary/aromatic N) is 2. The smallest absolute Gasteiger partial charge is 0.185 e. The van der Waals surface area contributed by atoms with Gasteiger partial charge in [0, 0.05) is 29.5 Å². The van der Waals surface area contributed by atoms with Gasteiger partial charge in [-0.3, -0.25) is 0 Å². The molecule has 1 saturated heterocycles. The number of thiophene rings is 1. The highest BCUT2D eigenvalue weighted by Crippen LogP contribution is 2.44. The number of fused-ring (bicyclic) bond motifs is 2. The van der Waals surface area contributed by atoms with Crippen LogP contribution < -0.4 is 4.90 Å². The lowest BCUT2D eigenvalue weighted by Crippen LogP contribution is -2.46. The first kappa shape index (κ1) is 11.9. The molecular weight excluding hydrogens is 276 g/mol. The summed E-state index contributed by atoms with van der Waals surface area (Å²) in [5.41, 5.74) is 1.51. The number of ether oxygens (including phenoxy) is 1. The quantitative estimate of drug-likeness (QED) is 0.806. The van der Waals surface area contributed by atoms with Crippen LogP contribution in [0, 0.1) is 0 Å². The molecule has 2 aliphatic rings. The van der Waals surface area contributed by atoms with Crippen LogP contribution in [0.4, 0.5) is 5.13 Å². The molecule has 0 aliphatic carbocycles. The zero-order valence-electron chi connectivity index (χ0n) is 10.7. The number of rotatable bonds is 1. The largest absolute Gasteiger partial charge is 0.369 e. The number of aromatic nitrogens is 1. The van der Waals surface area contributed by atoms with Gasteiger partial charge in [-0.25, -0.2) is 4.98 Å². The van der Waals surface area contributed by atoms with E-state index in [-0.39, 0.29) is 5.60 Å². The molecule has 0 amide bonds. The van der Waals surface area contributed by atoms with Crippen LogP contribution in [0.3, 0.4) is 0 Å². The van der Waals surface area contributed by atoms with Gasteiger partial charge in [-0.15, -0.1) is 22.7 Å². The number of anilines is 1. The molecule has 0 unspecified atom stereocenters. The van der Waals surface area contributed by atoms with Crippen molar-refractivity contribution in [3.05, 3.63) is 33.5 Å². The molecule has 2 aromatic heterocycles. The third-order valence-corrected chi connectivity index (χ3v) is 6.15. The minimum absolute atomic E-state index is 0.00445. The van der Waals surface area contributed by atoms with E-state index < -0.39 is 0 Å². The van der Waals surface area contributed by atoms with Crippen molar-refractivity contribution < 1.29 is 4.74 Å². The summed E-state index contributed by atoms with van der Waals surface area (Å²) in [5, 5.41) is 5.42. The van der Waals surface area contributed by atoms with Crippen LogP contribution in [0.25, 0.3) is 0 Å². The normalized spacial score (nSPS) is 21.6. The fourth-order valence-electron chi connectivity index (χ4n) is 3.16. The number of hydrogen-bond donors (Lipinski definition) is 0. The maximum Gasteiger partial charge on any atom is 0.185 e. The molecule has 0 radical (unpaired) electrons. The topological polar surface area (TPSA) is 25.4 Å². The van der Waals surface area contributed by atoms with Crippen LogP contribution in [-0.2, 0) is 16.8 Å². The van der Waals surface area contributed by atoms with Crippen molar-refractivity contribution in [2.45, 2.75) is 24.9 Å². The first-order chi connectivity index (χ1) is 9.37. The summed E-state index contributed by atoms with van der Waals surface area (Å²) in [6.45, 7) is 2.97. The van der Waals surface area contributed by atoms with E-state index in [4.69, 9.17) is 4.74 Å². The minimum atomic E-state index is -0.00445. The Morgan fingerprint density at radius 2 is 2.11 bits per heavy atom. The van der Waals surface area contributed by atoms with E-state index in [0.29, 0.717) is 0 Å². The predicted molar refractivity (Wildman–Crippen MR) is 79.2 cm³/mol. The second-order valence-corrected chi connectivity index (χ2v) is 6.96. The van der Waals surface area contributed by atoms with Crippen molar-refractivity contribution in [3.8, 4) is 0 Å². The van der Waals surface area contributed by atoms with Crippen LogP contribution in [0.5, 0.6) is 0 Å². The molecule has 4 heterocycles. The summed E-state index contributed by atoms with van der Waals surface area (Å²) in [4.78, 5) is 8.29. The molecule has 1 spiro atoms. The number of piperidine rings is 1. The van der Waals surface area contributed by atoms with Crippen molar-refractivity contribution in [1.82, 2.24) is 4.98 Å². The lowest BCUT2D eigenvalue weighted by Gasteiger charge is -2.43. The molecule has 0 aromatic carbocycles. The Labute approximate surface area is 120 Å². The van der Waals surface area contributed by atoms with Crippen LogP contribution in [0.2, 0.25) is 0 Å². The summed E-state index contributed by atoms with van der Waals surface area (Å²) in [6.07, 6.45) is 5.13. The van der Waals surface area contributed by atoms with E-state index in [9.17, 15) is 0 Å². The maximum atomic E-state index is 6.22. The number of thiazole rings is 1. The Kier molecular flexibility index (Phi) is 2.86. The summed E-state index contributed by atoms with van der Waals surface area (Å²) in [6, 6.07) is 2.28. The van der Waals surface area contributed by atoms with Crippen molar-refractivity contribution >= 4 is 27.8 Å². The lowest BCUT2D eigenvalue weighted by molar-refractivity contribution is -0.0735. The summed E-state index contributed by atoms with van der Waals surface area (Å²) in [5.74, 6) is 0. The van der Waals surface area contributed by atoms with E-state index in [1.54, 1.807) is 11.3 Å². The van der Waals surface area contributed by atoms with Gasteiger partial charge in [0.25, 0.3) is 0 Å². The molecule has 0 atom stereocenters. The lowest BCUT2D eigenvalue weighted by atomic mass is 9.85. The predicted octanol–water partition coefficient (Wildman–Crippen LogP) is 3.27. The molecule has 19 heavy (non-hydrogen) atoms. The Balaban J connectivity index is 1.57. The first-order valence-corrected chi connectivity index (χ1v) is 8.49. The molecule has 1 fully saturated rings. The van der Waals surface area contributed by atoms with E-state index in [1.807, 2.05) is 22.9 Å². The average molecular weight is 292 g/mol. The molecule has 100 valence electrons. The van der Waals surface area contributed by atoms with E-state index in [1.165, 1.54) is 10.4 Å². The fourth-order valence-corrected chi connectivity index (χ4v) is 5.02. The summed E-state index contributed by atoms with van der Waals surface area (Å²) >= 11 is 3.60. The van der Waals surface area contributed by atoms with Crippen molar-refractivity contribution in [2.24, 2.45) is 0 Å². The summed E-state index contributed by atoms with van der Waals surface area (Å²) < 4.78 is 6.22. The molecule has 5 heteroatoms. The second-order valence-electron chi connectivity index (χ2n) is 5.17. The third-order valence-electron chi connectivity index (χ3n) is 4.17. The third kappa shape index (κ3) is 1.91. The summed E-state index contributed by atoms with van der Waals surface area (Å²) in [7, 11) is 0. The Hall–Kier alpha value is -0.910. The maximum absolute atomic E-state index is 6.22. The van der Waals surface area contributed by atoms with Gasteiger partial charge in [0.2, 0.25) is 0 Å². The van der Waals surface area contributed by atoms with E-state index >= 15 is 0 Å². The minimum Gasteiger partial charge on any atom is -0.369 e. The fraction of sp³-hybridized carbons (Fsp3) is 0.500. The van der Waals surface area contributed by atoms with Gasteiger partial charge in [-0.1, -0.05) is 0 Å². The standard InChI is InChI=1S/C14H16N2OS2/c1-8-17-14(12-11(1)2-9-18-12)3-6-16(7-4-14)13-15-5-10-19-13/h2,5,9-10H,1,3-4,6-8H2. The van der Waals surface area contributed by atoms with Crippen LogP contribution in [0.15, 0.2) is 23.0 Å². The van der Waals surface area contributed by atoms with Crippen molar-refractivity contribution in [1.29, 1.82) is 0 Å². The van der Waals surface area contributed by atoms with E-state index in [2.05, 4.69) is 21.3 Å². The Morgan fingerprint density at radius 3 is 2.89 bits per heavy atom. The van der Waals surface area contributed by atoms with Gasteiger partial charge in [-0.2, -0.15) is 0 Å². The van der Waals surface area contributed by atoms with Crippen molar-refractivity contribution in [3.63, 3.8) is 0 Å². The average Bonchev–Trinajstić information content (AvgIpc) is 3.11. The van der Waals surface area contributed by atoms with Crippen LogP contribution >= 0.6 is 22.7 Å². The SMILES string of the molecule is c1csc(N2CCC3(CC2)OCCc2ccsc23)n1. The zero-order chi connectivity index (χ0) is 12.7. The van der Waals surface area contributed by atoms with Crippen LogP contribution in [-0.4, -0.2) is 24.7 Å². The molecule has 0 bridgehead atoms. The Bertz CT molecular complexity index is 556. The van der Waals surface area contributed by atoms with Gasteiger partial charge >= 0.3 is 0 Å². The van der Waals surface area contributed by atoms with Gasteiger partial charge in [0.05, 0.1) is 6.61 Å². The first-order valence-electron chi connectivity index (χ1n) is 6.73. The highest BCUT2D eigenvalue weighted by atomic mass is 32.1. The molecule has 4 rings (SSSR count). The molecule has 0 N–H and O–H groups in total. The second kappa shape index (κ2) is 4.58. The van der Waals surface area contributed by atoms with Gasteiger partial charge in [0.1, 0.15) is 5.60 Å². The monoisotopic (exact) mass is 292 g/mol. The highest BCUT2D eigenvalue weighted by molar-refractivity contribution is 7.13. The molecule has 2 aromatic rings. The zero-order valence-corrected chi connectivity index (χ0v) is 12.3. The highest BCUT2D eigenvalue weighted by Gasteiger charge is 2.42. The van der Waals surface area contributed by atoms with Gasteiger partial charge < -0.3 is 9.64 Å².